The first-order chi connectivity index (χ1) is 11.6. The first kappa shape index (κ1) is 16.7. The minimum Gasteiger partial charge on any atom is -0.497 e. The first-order valence-corrected chi connectivity index (χ1v) is 8.10. The fourth-order valence-electron chi connectivity index (χ4n) is 3.02. The molecule has 0 bridgehead atoms. The van der Waals surface area contributed by atoms with E-state index in [1.54, 1.807) is 36.3 Å². The maximum absolute atomic E-state index is 12.3. The molecule has 0 unspecified atom stereocenters. The zero-order valence-electron chi connectivity index (χ0n) is 13.7. The average molecular weight is 334 g/mol. The maximum atomic E-state index is 12.3. The normalized spacial score (nSPS) is 19.3. The molecule has 0 aromatic heterocycles. The highest BCUT2D eigenvalue weighted by atomic mass is 16.7. The lowest BCUT2D eigenvalue weighted by molar-refractivity contribution is -0.187. The fraction of sp³-hybridized carbons (Fsp3) is 0.529. The number of carbonyl (C=O) groups is 2. The second-order valence-corrected chi connectivity index (χ2v) is 5.90. The zero-order valence-corrected chi connectivity index (χ0v) is 13.7. The van der Waals surface area contributed by atoms with Gasteiger partial charge in [0.25, 0.3) is 5.91 Å². The second kappa shape index (κ2) is 7.19. The number of nitrogens with zero attached hydrogens (tertiary/aromatic N) is 1. The molecule has 7 heteroatoms. The van der Waals surface area contributed by atoms with Crippen molar-refractivity contribution in [1.82, 2.24) is 10.2 Å². The standard InChI is InChI=1S/C17H22N2O5/c1-22-14-4-2-3-13(11-14)16(21)18-12-15(20)19-7-5-17(6-8-19)23-9-10-24-17/h2-4,11H,5-10,12H2,1H3,(H,18,21). The number of amides is 2. The summed E-state index contributed by atoms with van der Waals surface area (Å²) in [6, 6.07) is 6.82. The molecule has 2 fully saturated rings. The number of carbonyl (C=O) groups excluding carboxylic acids is 2. The highest BCUT2D eigenvalue weighted by Crippen LogP contribution is 2.31. The van der Waals surface area contributed by atoms with E-state index >= 15 is 0 Å². The molecule has 1 N–H and O–H groups in total. The molecule has 0 radical (unpaired) electrons. The SMILES string of the molecule is COc1cccc(C(=O)NCC(=O)N2CCC3(CC2)OCCO3)c1. The minimum absolute atomic E-state index is 0.0231. The van der Waals surface area contributed by atoms with E-state index in [9.17, 15) is 9.59 Å². The summed E-state index contributed by atoms with van der Waals surface area (Å²) in [5.41, 5.74) is 0.465. The monoisotopic (exact) mass is 334 g/mol. The van der Waals surface area contributed by atoms with Gasteiger partial charge in [-0.3, -0.25) is 9.59 Å². The number of benzene rings is 1. The topological polar surface area (TPSA) is 77.1 Å². The van der Waals surface area contributed by atoms with Crippen molar-refractivity contribution in [1.29, 1.82) is 0 Å². The van der Waals surface area contributed by atoms with Gasteiger partial charge in [0.2, 0.25) is 5.91 Å². The Balaban J connectivity index is 1.48. The van der Waals surface area contributed by atoms with Crippen molar-refractivity contribution in [3.05, 3.63) is 29.8 Å². The van der Waals surface area contributed by atoms with Gasteiger partial charge in [-0.2, -0.15) is 0 Å². The van der Waals surface area contributed by atoms with Crippen molar-refractivity contribution in [2.24, 2.45) is 0 Å². The lowest BCUT2D eigenvalue weighted by Crippen LogP contribution is -2.49. The van der Waals surface area contributed by atoms with Crippen LogP contribution in [0.5, 0.6) is 5.75 Å². The quantitative estimate of drug-likeness (QED) is 0.881. The predicted octanol–water partition coefficient (Wildman–Crippen LogP) is 0.790. The third kappa shape index (κ3) is 3.68. The Morgan fingerprint density at radius 2 is 1.96 bits per heavy atom. The third-order valence-electron chi connectivity index (χ3n) is 4.42. The number of rotatable bonds is 4. The zero-order chi connectivity index (χ0) is 17.0. The molecule has 2 aliphatic rings. The van der Waals surface area contributed by atoms with Crippen LogP contribution in [0.1, 0.15) is 23.2 Å². The molecule has 7 nitrogen and oxygen atoms in total. The van der Waals surface area contributed by atoms with Crippen molar-refractivity contribution in [3.8, 4) is 5.75 Å². The van der Waals surface area contributed by atoms with Crippen LogP contribution < -0.4 is 10.1 Å². The summed E-state index contributed by atoms with van der Waals surface area (Å²) in [7, 11) is 1.54. The van der Waals surface area contributed by atoms with Crippen LogP contribution in [0, 0.1) is 0 Å². The van der Waals surface area contributed by atoms with Crippen molar-refractivity contribution in [3.63, 3.8) is 0 Å². The summed E-state index contributed by atoms with van der Waals surface area (Å²) in [4.78, 5) is 26.1. The van der Waals surface area contributed by atoms with Crippen LogP contribution in [0.2, 0.25) is 0 Å². The Hall–Kier alpha value is -2.12. The Labute approximate surface area is 140 Å². The average Bonchev–Trinajstić information content (AvgIpc) is 3.08. The predicted molar refractivity (Wildman–Crippen MR) is 85.8 cm³/mol. The number of nitrogens with one attached hydrogen (secondary N) is 1. The Morgan fingerprint density at radius 3 is 2.62 bits per heavy atom. The lowest BCUT2D eigenvalue weighted by Gasteiger charge is -2.37. The molecule has 1 aromatic carbocycles. The van der Waals surface area contributed by atoms with Gasteiger partial charge in [-0.15, -0.1) is 0 Å². The van der Waals surface area contributed by atoms with E-state index in [-0.39, 0.29) is 18.4 Å². The largest absolute Gasteiger partial charge is 0.497 e. The molecule has 130 valence electrons. The molecule has 1 aromatic rings. The molecule has 2 heterocycles. The summed E-state index contributed by atoms with van der Waals surface area (Å²) in [6.07, 6.45) is 1.34. The summed E-state index contributed by atoms with van der Waals surface area (Å²) in [6.45, 7) is 2.36. The molecule has 2 amide bonds. The van der Waals surface area contributed by atoms with Gasteiger partial charge in [0, 0.05) is 31.5 Å². The van der Waals surface area contributed by atoms with Crippen LogP contribution in [0.15, 0.2) is 24.3 Å². The number of methoxy groups -OCH3 is 1. The fourth-order valence-corrected chi connectivity index (χ4v) is 3.02. The first-order valence-electron chi connectivity index (χ1n) is 8.10. The van der Waals surface area contributed by atoms with Gasteiger partial charge >= 0.3 is 0 Å². The van der Waals surface area contributed by atoms with Gasteiger partial charge in [-0.05, 0) is 18.2 Å². The van der Waals surface area contributed by atoms with Gasteiger partial charge in [0.15, 0.2) is 5.79 Å². The highest BCUT2D eigenvalue weighted by molar-refractivity contribution is 5.96. The molecule has 2 saturated heterocycles. The van der Waals surface area contributed by atoms with Gasteiger partial charge in [0.05, 0.1) is 26.9 Å². The summed E-state index contributed by atoms with van der Waals surface area (Å²) in [5.74, 6) is -0.287. The molecule has 0 saturated carbocycles. The Morgan fingerprint density at radius 1 is 1.25 bits per heavy atom. The number of hydrogen-bond donors (Lipinski definition) is 1. The van der Waals surface area contributed by atoms with E-state index in [1.165, 1.54) is 0 Å². The number of hydrogen-bond acceptors (Lipinski definition) is 5. The van der Waals surface area contributed by atoms with Gasteiger partial charge < -0.3 is 24.4 Å². The number of likely N-dealkylation sites (tertiary alicyclic amines) is 1. The Kier molecular flexibility index (Phi) is 5.01. The van der Waals surface area contributed by atoms with E-state index in [0.717, 1.165) is 0 Å². The maximum Gasteiger partial charge on any atom is 0.251 e. The lowest BCUT2D eigenvalue weighted by atomic mass is 10.0. The minimum atomic E-state index is -0.499. The van der Waals surface area contributed by atoms with E-state index in [1.807, 2.05) is 0 Å². The number of ether oxygens (including phenoxy) is 3. The van der Waals surface area contributed by atoms with Gasteiger partial charge in [-0.25, -0.2) is 0 Å². The molecule has 0 aliphatic carbocycles. The van der Waals surface area contributed by atoms with Gasteiger partial charge in [0.1, 0.15) is 5.75 Å². The Bertz CT molecular complexity index is 603. The highest BCUT2D eigenvalue weighted by Gasteiger charge is 2.40. The van der Waals surface area contributed by atoms with Crippen LogP contribution in [-0.4, -0.2) is 62.5 Å². The second-order valence-electron chi connectivity index (χ2n) is 5.90. The molecular formula is C17H22N2O5. The van der Waals surface area contributed by atoms with Crippen LogP contribution in [0.25, 0.3) is 0 Å². The van der Waals surface area contributed by atoms with Crippen LogP contribution in [0.3, 0.4) is 0 Å². The molecule has 2 aliphatic heterocycles. The summed E-state index contributed by atoms with van der Waals surface area (Å²) < 4.78 is 16.4. The molecular weight excluding hydrogens is 312 g/mol. The summed E-state index contributed by atoms with van der Waals surface area (Å²) in [5, 5.41) is 2.66. The third-order valence-corrected chi connectivity index (χ3v) is 4.42. The van der Waals surface area contributed by atoms with Crippen LogP contribution in [0.4, 0.5) is 0 Å². The summed E-state index contributed by atoms with van der Waals surface area (Å²) >= 11 is 0. The van der Waals surface area contributed by atoms with Gasteiger partial charge in [-0.1, -0.05) is 6.07 Å². The van der Waals surface area contributed by atoms with Crippen molar-refractivity contribution in [2.45, 2.75) is 18.6 Å². The van der Waals surface area contributed by atoms with E-state index < -0.39 is 5.79 Å². The van der Waals surface area contributed by atoms with E-state index in [4.69, 9.17) is 14.2 Å². The van der Waals surface area contributed by atoms with Crippen molar-refractivity contribution < 1.29 is 23.8 Å². The molecule has 1 spiro atoms. The molecule has 0 atom stereocenters. The van der Waals surface area contributed by atoms with Crippen molar-refractivity contribution in [2.75, 3.05) is 40.0 Å². The van der Waals surface area contributed by atoms with Crippen molar-refractivity contribution >= 4 is 11.8 Å². The van der Waals surface area contributed by atoms with E-state index in [2.05, 4.69) is 5.32 Å². The van der Waals surface area contributed by atoms with Crippen LogP contribution in [-0.2, 0) is 14.3 Å². The molecule has 24 heavy (non-hydrogen) atoms. The number of piperidine rings is 1. The smallest absolute Gasteiger partial charge is 0.251 e. The molecule has 3 rings (SSSR count). The van der Waals surface area contributed by atoms with Crippen LogP contribution >= 0.6 is 0 Å². The van der Waals surface area contributed by atoms with E-state index in [0.29, 0.717) is 50.5 Å².